The number of carboxylic acids is 1. The van der Waals surface area contributed by atoms with Crippen molar-refractivity contribution in [3.05, 3.63) is 12.2 Å². The van der Waals surface area contributed by atoms with E-state index in [2.05, 4.69) is 0 Å². The van der Waals surface area contributed by atoms with Crippen LogP contribution < -0.4 is 0 Å². The minimum absolute atomic E-state index is 0.129. The molecule has 3 nitrogen and oxygen atoms in total. The van der Waals surface area contributed by atoms with Crippen LogP contribution in [0.2, 0.25) is 0 Å². The minimum atomic E-state index is -1.09. The maximum Gasteiger partial charge on any atom is 0.328 e. The van der Waals surface area contributed by atoms with Gasteiger partial charge < -0.3 is 5.11 Å². The minimum Gasteiger partial charge on any atom is -0.478 e. The van der Waals surface area contributed by atoms with Gasteiger partial charge in [0.15, 0.2) is 5.78 Å². The summed E-state index contributed by atoms with van der Waals surface area (Å²) in [5, 5.41) is 8.11. The van der Waals surface area contributed by atoms with E-state index in [0.29, 0.717) is 0 Å². The van der Waals surface area contributed by atoms with Crippen molar-refractivity contribution in [3.8, 4) is 0 Å². The first-order valence-corrected chi connectivity index (χ1v) is 2.99. The lowest BCUT2D eigenvalue weighted by molar-refractivity contribution is -0.131. The average molecular weight is 142 g/mol. The number of aliphatic carboxylic acids is 1. The predicted octanol–water partition coefficient (Wildman–Crippen LogP) is 0.852. The van der Waals surface area contributed by atoms with Crippen molar-refractivity contribution >= 4 is 11.8 Å². The third kappa shape index (κ3) is 3.83. The lowest BCUT2D eigenvalue weighted by Crippen LogP contribution is -2.03. The molecule has 0 unspecified atom stereocenters. The van der Waals surface area contributed by atoms with Gasteiger partial charge in [-0.25, -0.2) is 4.79 Å². The molecule has 0 rings (SSSR count). The van der Waals surface area contributed by atoms with Crippen molar-refractivity contribution in [2.45, 2.75) is 13.8 Å². The standard InChI is InChI=1S/C7H10O3/c1-5(2)6(8)3-4-7(9)10/h3-5H,1-2H3,(H,9,10). The van der Waals surface area contributed by atoms with Gasteiger partial charge in [0, 0.05) is 12.0 Å². The number of ketones is 1. The molecule has 0 spiro atoms. The SMILES string of the molecule is CC(C)C(=O)C=CC(=O)O. The van der Waals surface area contributed by atoms with Crippen LogP contribution in [-0.2, 0) is 9.59 Å². The fourth-order valence-electron chi connectivity index (χ4n) is 0.346. The molecule has 0 aromatic rings. The number of rotatable bonds is 3. The molecule has 0 aliphatic carbocycles. The number of hydrogen-bond donors (Lipinski definition) is 1. The summed E-state index contributed by atoms with van der Waals surface area (Å²) in [5.41, 5.74) is 0. The molecule has 56 valence electrons. The molecule has 0 saturated heterocycles. The fraction of sp³-hybridized carbons (Fsp3) is 0.429. The van der Waals surface area contributed by atoms with Gasteiger partial charge >= 0.3 is 5.97 Å². The van der Waals surface area contributed by atoms with Gasteiger partial charge in [-0.15, -0.1) is 0 Å². The van der Waals surface area contributed by atoms with Gasteiger partial charge in [-0.1, -0.05) is 13.8 Å². The molecule has 0 aliphatic heterocycles. The van der Waals surface area contributed by atoms with Gasteiger partial charge in [0.25, 0.3) is 0 Å². The van der Waals surface area contributed by atoms with E-state index in [-0.39, 0.29) is 11.7 Å². The number of carboxylic acid groups (broad SMARTS) is 1. The Balaban J connectivity index is 3.90. The molecule has 0 aromatic heterocycles. The first-order valence-electron chi connectivity index (χ1n) is 2.99. The predicted molar refractivity (Wildman–Crippen MR) is 36.6 cm³/mol. The highest BCUT2D eigenvalue weighted by Gasteiger charge is 2.01. The number of carbonyl (C=O) groups excluding carboxylic acids is 1. The van der Waals surface area contributed by atoms with Gasteiger partial charge in [0.1, 0.15) is 0 Å². The second-order valence-corrected chi connectivity index (χ2v) is 2.23. The molecule has 0 aromatic carbocycles. The number of hydrogen-bond acceptors (Lipinski definition) is 2. The van der Waals surface area contributed by atoms with E-state index in [9.17, 15) is 9.59 Å². The molecule has 1 N–H and O–H groups in total. The van der Waals surface area contributed by atoms with Crippen LogP contribution in [-0.4, -0.2) is 16.9 Å². The van der Waals surface area contributed by atoms with Crippen LogP contribution in [0.25, 0.3) is 0 Å². The van der Waals surface area contributed by atoms with E-state index < -0.39 is 5.97 Å². The summed E-state index contributed by atoms with van der Waals surface area (Å²) in [6.07, 6.45) is 1.93. The van der Waals surface area contributed by atoms with E-state index in [1.54, 1.807) is 13.8 Å². The van der Waals surface area contributed by atoms with Crippen molar-refractivity contribution in [1.82, 2.24) is 0 Å². The van der Waals surface area contributed by atoms with E-state index in [4.69, 9.17) is 5.11 Å². The smallest absolute Gasteiger partial charge is 0.328 e. The monoisotopic (exact) mass is 142 g/mol. The Morgan fingerprint density at radius 1 is 1.30 bits per heavy atom. The van der Waals surface area contributed by atoms with Crippen molar-refractivity contribution < 1.29 is 14.7 Å². The molecule has 0 amide bonds. The molecule has 0 atom stereocenters. The first-order chi connectivity index (χ1) is 4.54. The molecule has 0 saturated carbocycles. The zero-order valence-corrected chi connectivity index (χ0v) is 6.00. The van der Waals surface area contributed by atoms with Crippen LogP contribution in [0.5, 0.6) is 0 Å². The highest BCUT2D eigenvalue weighted by atomic mass is 16.4. The zero-order chi connectivity index (χ0) is 8.15. The van der Waals surface area contributed by atoms with Crippen molar-refractivity contribution in [2.24, 2.45) is 5.92 Å². The second-order valence-electron chi connectivity index (χ2n) is 2.23. The van der Waals surface area contributed by atoms with E-state index >= 15 is 0 Å². The lowest BCUT2D eigenvalue weighted by atomic mass is 10.1. The molecular formula is C7H10O3. The molecule has 0 fully saturated rings. The number of allylic oxidation sites excluding steroid dienone is 1. The van der Waals surface area contributed by atoms with Crippen molar-refractivity contribution in [2.75, 3.05) is 0 Å². The summed E-state index contributed by atoms with van der Waals surface area (Å²) >= 11 is 0. The fourth-order valence-corrected chi connectivity index (χ4v) is 0.346. The molecule has 0 aliphatic rings. The summed E-state index contributed by atoms with van der Waals surface area (Å²) in [5.74, 6) is -1.38. The van der Waals surface area contributed by atoms with E-state index in [1.807, 2.05) is 0 Å². The van der Waals surface area contributed by atoms with Crippen LogP contribution in [0.1, 0.15) is 13.8 Å². The molecule has 0 radical (unpaired) electrons. The molecule has 0 bridgehead atoms. The first kappa shape index (κ1) is 8.88. The highest BCUT2D eigenvalue weighted by Crippen LogP contribution is 1.94. The number of carbonyl (C=O) groups is 2. The van der Waals surface area contributed by atoms with Crippen molar-refractivity contribution in [1.29, 1.82) is 0 Å². The summed E-state index contributed by atoms with van der Waals surface area (Å²) in [7, 11) is 0. The van der Waals surface area contributed by atoms with Crippen LogP contribution >= 0.6 is 0 Å². The van der Waals surface area contributed by atoms with Crippen LogP contribution in [0, 0.1) is 5.92 Å². The Bertz CT molecular complexity index is 168. The second kappa shape index (κ2) is 3.82. The summed E-state index contributed by atoms with van der Waals surface area (Å²) < 4.78 is 0. The maximum atomic E-state index is 10.7. The van der Waals surface area contributed by atoms with Crippen LogP contribution in [0.4, 0.5) is 0 Å². The van der Waals surface area contributed by atoms with Crippen molar-refractivity contribution in [3.63, 3.8) is 0 Å². The van der Waals surface area contributed by atoms with Crippen LogP contribution in [0.3, 0.4) is 0 Å². The Morgan fingerprint density at radius 3 is 2.10 bits per heavy atom. The Kier molecular flexibility index (Phi) is 3.39. The van der Waals surface area contributed by atoms with Gasteiger partial charge in [0.05, 0.1) is 0 Å². The van der Waals surface area contributed by atoms with Gasteiger partial charge in [0.2, 0.25) is 0 Å². The summed E-state index contributed by atoms with van der Waals surface area (Å²) in [4.78, 5) is 20.6. The van der Waals surface area contributed by atoms with Gasteiger partial charge in [-0.2, -0.15) is 0 Å². The normalized spacial score (nSPS) is 10.7. The largest absolute Gasteiger partial charge is 0.478 e. The van der Waals surface area contributed by atoms with Crippen LogP contribution in [0.15, 0.2) is 12.2 Å². The van der Waals surface area contributed by atoms with Gasteiger partial charge in [-0.3, -0.25) is 4.79 Å². The Labute approximate surface area is 59.4 Å². The Hall–Kier alpha value is -1.12. The summed E-state index contributed by atoms with van der Waals surface area (Å²) in [6, 6.07) is 0. The zero-order valence-electron chi connectivity index (χ0n) is 6.00. The van der Waals surface area contributed by atoms with E-state index in [1.165, 1.54) is 0 Å². The topological polar surface area (TPSA) is 54.4 Å². The third-order valence-corrected chi connectivity index (χ3v) is 0.959. The third-order valence-electron chi connectivity index (χ3n) is 0.959. The molecule has 10 heavy (non-hydrogen) atoms. The molecule has 3 heteroatoms. The molecule has 0 heterocycles. The maximum absolute atomic E-state index is 10.7. The summed E-state index contributed by atoms with van der Waals surface area (Å²) in [6.45, 7) is 3.43. The van der Waals surface area contributed by atoms with Gasteiger partial charge in [-0.05, 0) is 6.08 Å². The van der Waals surface area contributed by atoms with E-state index in [0.717, 1.165) is 12.2 Å². The molecular weight excluding hydrogens is 132 g/mol. The highest BCUT2D eigenvalue weighted by molar-refractivity contribution is 5.96. The average Bonchev–Trinajstić information content (AvgIpc) is 1.82. The quantitative estimate of drug-likeness (QED) is 0.594. The lowest BCUT2D eigenvalue weighted by Gasteiger charge is -1.94. The Morgan fingerprint density at radius 2 is 1.80 bits per heavy atom.